The molecule has 1 unspecified atom stereocenters. The standard InChI is InChI=1S/C31H56N7O6PSi2.CH4/c1-19(2)38(20(3)4)45(40-15-13-14-32)42-29-26(37-30-27(35-36-37)31(39)34-18-33-30)16-25-17-41-46(21(5)6,22(7)8)44-47(23(9)10,24(11)12)43-28(25)29;/h18-26,28-29H,13,15-17H2,1-12H3,(H,33,34,39);1H4/t25-,26-,28-,29+,45?;/m1./s1. The van der Waals surface area contributed by atoms with Gasteiger partial charge in [-0.05, 0) is 56.3 Å². The fraction of sp³-hybridized carbons (Fsp3) is 0.844. The lowest BCUT2D eigenvalue weighted by Crippen LogP contribution is -2.65. The Balaban J connectivity index is 0.00000625. The minimum absolute atomic E-state index is 0. The monoisotopic (exact) mass is 725 g/mol. The highest BCUT2D eigenvalue weighted by molar-refractivity contribution is 7.44. The Bertz CT molecular complexity index is 1410. The highest BCUT2D eigenvalue weighted by atomic mass is 31.2. The van der Waals surface area contributed by atoms with Crippen molar-refractivity contribution in [2.24, 2.45) is 5.92 Å². The van der Waals surface area contributed by atoms with Gasteiger partial charge >= 0.3 is 17.1 Å². The van der Waals surface area contributed by atoms with Crippen LogP contribution >= 0.6 is 8.53 Å². The first-order valence-electron chi connectivity index (χ1n) is 17.2. The molecule has 0 amide bonds. The molecule has 2 aromatic rings. The summed E-state index contributed by atoms with van der Waals surface area (Å²) in [4.78, 5) is 19.8. The van der Waals surface area contributed by atoms with Crippen molar-refractivity contribution >= 4 is 36.8 Å². The van der Waals surface area contributed by atoms with E-state index >= 15 is 0 Å². The van der Waals surface area contributed by atoms with Crippen molar-refractivity contribution < 1.29 is 22.0 Å². The largest absolute Gasteiger partial charge is 0.414 e. The Labute approximate surface area is 290 Å². The summed E-state index contributed by atoms with van der Waals surface area (Å²) < 4.78 is 39.7. The predicted octanol–water partition coefficient (Wildman–Crippen LogP) is 7.33. The second-order valence-corrected chi connectivity index (χ2v) is 24.9. The van der Waals surface area contributed by atoms with Gasteiger partial charge in [0.1, 0.15) is 6.10 Å². The van der Waals surface area contributed by atoms with Crippen LogP contribution in [0.1, 0.15) is 109 Å². The van der Waals surface area contributed by atoms with Crippen LogP contribution in [0.4, 0.5) is 0 Å². The molecule has 1 aliphatic carbocycles. The van der Waals surface area contributed by atoms with E-state index in [2.05, 4.69) is 114 Å². The minimum Gasteiger partial charge on any atom is -0.414 e. The molecule has 4 rings (SSSR count). The quantitative estimate of drug-likeness (QED) is 0.126. The van der Waals surface area contributed by atoms with E-state index in [4.69, 9.17) is 22.0 Å². The summed E-state index contributed by atoms with van der Waals surface area (Å²) in [5, 5.41) is 18.1. The lowest BCUT2D eigenvalue weighted by atomic mass is 10.1. The zero-order valence-corrected chi connectivity index (χ0v) is 33.2. The second kappa shape index (κ2) is 16.6. The maximum Gasteiger partial charge on any atom is 0.335 e. The molecule has 1 saturated carbocycles. The second-order valence-electron chi connectivity index (χ2n) is 14.7. The van der Waals surface area contributed by atoms with Gasteiger partial charge in [-0.1, -0.05) is 68.0 Å². The molecule has 48 heavy (non-hydrogen) atoms. The van der Waals surface area contributed by atoms with Crippen molar-refractivity contribution in [2.75, 3.05) is 13.2 Å². The van der Waals surface area contributed by atoms with Gasteiger partial charge in [-0.15, -0.1) is 5.10 Å². The highest BCUT2D eigenvalue weighted by Crippen LogP contribution is 2.55. The normalized spacial score (nSPS) is 24.8. The molecule has 0 bridgehead atoms. The molecule has 2 fully saturated rings. The summed E-state index contributed by atoms with van der Waals surface area (Å²) in [5.74, 6) is -0.0496. The third-order valence-corrected chi connectivity index (χ3v) is 21.9. The van der Waals surface area contributed by atoms with Crippen molar-refractivity contribution in [3.8, 4) is 6.07 Å². The average Bonchev–Trinajstić information content (AvgIpc) is 3.54. The van der Waals surface area contributed by atoms with Gasteiger partial charge in [-0.25, -0.2) is 14.3 Å². The van der Waals surface area contributed by atoms with E-state index in [1.54, 1.807) is 4.68 Å². The maximum absolute atomic E-state index is 12.7. The molecule has 5 atom stereocenters. The van der Waals surface area contributed by atoms with Crippen molar-refractivity contribution in [1.29, 1.82) is 5.26 Å². The van der Waals surface area contributed by atoms with Crippen LogP contribution in [0.15, 0.2) is 11.1 Å². The van der Waals surface area contributed by atoms with Gasteiger partial charge in [0.25, 0.3) is 14.1 Å². The van der Waals surface area contributed by atoms with Crippen molar-refractivity contribution in [3.63, 3.8) is 0 Å². The molecule has 0 radical (unpaired) electrons. The summed E-state index contributed by atoms with van der Waals surface area (Å²) in [6, 6.07) is 2.04. The number of fused-ring (bicyclic) bond motifs is 2. The van der Waals surface area contributed by atoms with Crippen LogP contribution in [-0.2, 0) is 22.0 Å². The van der Waals surface area contributed by atoms with Gasteiger partial charge < -0.3 is 27.0 Å². The topological polar surface area (TPSA) is 150 Å². The van der Waals surface area contributed by atoms with Gasteiger partial charge in [-0.2, -0.15) is 5.26 Å². The van der Waals surface area contributed by atoms with Crippen LogP contribution in [0.25, 0.3) is 11.2 Å². The lowest BCUT2D eigenvalue weighted by Gasteiger charge is -2.52. The number of nitrogens with zero attached hydrogens (tertiary/aromatic N) is 6. The molecule has 272 valence electrons. The van der Waals surface area contributed by atoms with E-state index in [1.807, 2.05) is 0 Å². The Hall–Kier alpha value is -1.61. The minimum atomic E-state index is -2.99. The molecule has 0 spiro atoms. The molecular weight excluding hydrogens is 666 g/mol. The first-order valence-corrected chi connectivity index (χ1v) is 22.2. The molecule has 1 N–H and O–H groups in total. The number of nitriles is 1. The number of rotatable bonds is 13. The van der Waals surface area contributed by atoms with Crippen molar-refractivity contribution in [1.82, 2.24) is 29.6 Å². The number of hydrogen-bond donors (Lipinski definition) is 1. The number of aromatic nitrogens is 5. The molecule has 13 nitrogen and oxygen atoms in total. The van der Waals surface area contributed by atoms with E-state index in [9.17, 15) is 10.1 Å². The number of hydrogen-bond acceptors (Lipinski definition) is 11. The van der Waals surface area contributed by atoms with Crippen LogP contribution in [0.5, 0.6) is 0 Å². The van der Waals surface area contributed by atoms with Crippen molar-refractivity contribution in [3.05, 3.63) is 16.7 Å². The summed E-state index contributed by atoms with van der Waals surface area (Å²) in [5.41, 5.74) is 0.933. The fourth-order valence-electron chi connectivity index (χ4n) is 7.32. The van der Waals surface area contributed by atoms with Gasteiger partial charge in [0.15, 0.2) is 11.2 Å². The van der Waals surface area contributed by atoms with E-state index in [0.717, 1.165) is 0 Å². The van der Waals surface area contributed by atoms with Gasteiger partial charge in [0, 0.05) is 24.6 Å². The van der Waals surface area contributed by atoms with E-state index in [-0.39, 0.29) is 77.7 Å². The third-order valence-electron chi connectivity index (χ3n) is 9.55. The first kappa shape index (κ1) is 40.8. The molecule has 16 heteroatoms. The van der Waals surface area contributed by atoms with Crippen LogP contribution < -0.4 is 5.56 Å². The zero-order valence-electron chi connectivity index (χ0n) is 30.3. The number of aromatic amines is 1. The van der Waals surface area contributed by atoms with E-state index < -0.39 is 37.9 Å². The third kappa shape index (κ3) is 7.82. The van der Waals surface area contributed by atoms with Crippen molar-refractivity contribution in [2.45, 2.75) is 156 Å². The van der Waals surface area contributed by atoms with Gasteiger partial charge in [0.05, 0.1) is 37.6 Å². The van der Waals surface area contributed by atoms with Crippen LogP contribution in [-0.4, -0.2) is 84.3 Å². The molecule has 2 aromatic heterocycles. The predicted molar refractivity (Wildman–Crippen MR) is 194 cm³/mol. The first-order chi connectivity index (χ1) is 22.1. The van der Waals surface area contributed by atoms with Gasteiger partial charge in [0.2, 0.25) is 0 Å². The Morgan fingerprint density at radius 3 is 2.19 bits per heavy atom. The molecule has 1 aliphatic heterocycles. The molecule has 2 aliphatic rings. The average molecular weight is 726 g/mol. The van der Waals surface area contributed by atoms with Gasteiger partial charge in [-0.3, -0.25) is 4.79 Å². The molecule has 3 heterocycles. The highest BCUT2D eigenvalue weighted by Gasteiger charge is 2.62. The molecular formula is C32H60N7O6PSi2. The summed E-state index contributed by atoms with van der Waals surface area (Å²) in [7, 11) is -7.38. The fourth-order valence-corrected chi connectivity index (χ4v) is 20.4. The lowest BCUT2D eigenvalue weighted by molar-refractivity contribution is -0.0206. The maximum atomic E-state index is 12.7. The summed E-state index contributed by atoms with van der Waals surface area (Å²) in [6.45, 7) is 26.9. The zero-order chi connectivity index (χ0) is 34.8. The summed E-state index contributed by atoms with van der Waals surface area (Å²) >= 11 is 0. The van der Waals surface area contributed by atoms with E-state index in [0.29, 0.717) is 18.7 Å². The molecule has 0 aromatic carbocycles. The smallest absolute Gasteiger partial charge is 0.335 e. The summed E-state index contributed by atoms with van der Waals surface area (Å²) in [6.07, 6.45) is 1.29. The molecule has 1 saturated heterocycles. The number of H-pyrrole nitrogens is 1. The Morgan fingerprint density at radius 2 is 1.65 bits per heavy atom. The number of nitrogens with one attached hydrogen (secondary N) is 1. The van der Waals surface area contributed by atoms with E-state index in [1.165, 1.54) is 6.33 Å². The Kier molecular flexibility index (Phi) is 14.1. The SMILES string of the molecule is C.CC(C)N(C(C)C)P(OCCC#N)O[C@@H]1[C@@H]2O[Si](C(C)C)(C(C)C)O[Si](C(C)C)(C(C)C)OC[C@H]2C[C@H]1n1nnc2c(=O)[nH]cnc21. The van der Waals surface area contributed by atoms with Crippen LogP contribution in [0, 0.1) is 17.2 Å². The van der Waals surface area contributed by atoms with Crippen LogP contribution in [0.3, 0.4) is 0 Å². The Morgan fingerprint density at radius 1 is 1.04 bits per heavy atom. The van der Waals surface area contributed by atoms with Crippen LogP contribution in [0.2, 0.25) is 22.2 Å².